The first kappa shape index (κ1) is 7.40. The molecule has 0 N–H and O–H groups in total. The molecule has 0 saturated heterocycles. The van der Waals surface area contributed by atoms with Crippen molar-refractivity contribution in [2.75, 3.05) is 0 Å². The van der Waals surface area contributed by atoms with Gasteiger partial charge in [0.1, 0.15) is 0 Å². The van der Waals surface area contributed by atoms with E-state index in [1.165, 1.54) is 0 Å². The molecule has 0 amide bonds. The Labute approximate surface area is 53.6 Å². The van der Waals surface area contributed by atoms with Crippen LogP contribution in [-0.2, 0) is 16.4 Å². The molecule has 0 aromatic carbocycles. The monoisotopic (exact) mass is 162 g/mol. The van der Waals surface area contributed by atoms with Gasteiger partial charge >= 0.3 is 53.3 Å². The summed E-state index contributed by atoms with van der Waals surface area (Å²) in [5.41, 5.74) is 0. The summed E-state index contributed by atoms with van der Waals surface area (Å²) in [4.78, 5) is 0. The van der Waals surface area contributed by atoms with Crippen LogP contribution in [-0.4, -0.2) is 6.30 Å². The van der Waals surface area contributed by atoms with Crippen LogP contribution in [0.2, 0.25) is 19.6 Å². The summed E-state index contributed by atoms with van der Waals surface area (Å²) in [6.45, 7) is 7.06. The summed E-state index contributed by atoms with van der Waals surface area (Å²) in [6.07, 6.45) is 4.48. The molecule has 0 spiro atoms. The van der Waals surface area contributed by atoms with Crippen LogP contribution in [0.3, 0.4) is 0 Å². The third-order valence-corrected chi connectivity index (χ3v) is 9.86. The van der Waals surface area contributed by atoms with Crippen LogP contribution in [0, 0.1) is 10.9 Å². The van der Waals surface area contributed by atoms with Crippen LogP contribution in [0.5, 0.6) is 0 Å². The topological polar surface area (TPSA) is 0 Å². The van der Waals surface area contributed by atoms with Crippen LogP contribution >= 0.6 is 0 Å². The van der Waals surface area contributed by atoms with Crippen LogP contribution in [0.1, 0.15) is 0 Å². The van der Waals surface area contributed by atoms with E-state index in [9.17, 15) is 0 Å². The van der Waals surface area contributed by atoms with Crippen molar-refractivity contribution in [3.8, 4) is 10.9 Å². The molecule has 0 aliphatic heterocycles. The summed E-state index contributed by atoms with van der Waals surface area (Å²) in [5.74, 6) is 0. The number of rotatable bonds is 1. The fourth-order valence-electron chi connectivity index (χ4n) is 0.306. The molecule has 0 atom stereocenters. The third-order valence-electron chi connectivity index (χ3n) is 0.632. The fraction of sp³-hybridized carbons (Fsp3) is 0.600. The van der Waals surface area contributed by atoms with Gasteiger partial charge in [0.15, 0.2) is 0 Å². The van der Waals surface area contributed by atoms with Gasteiger partial charge in [-0.2, -0.15) is 0 Å². The van der Waals surface area contributed by atoms with Crippen LogP contribution in [0.25, 0.3) is 0 Å². The fourth-order valence-corrected chi connectivity index (χ4v) is 4.77. The maximum atomic E-state index is 5.18. The number of terminal acetylenes is 1. The van der Waals surface area contributed by atoms with Gasteiger partial charge in [-0.1, -0.05) is 0 Å². The van der Waals surface area contributed by atoms with E-state index in [1.807, 2.05) is 0 Å². The van der Waals surface area contributed by atoms with E-state index in [0.717, 1.165) is 0 Å². The molecule has 0 unspecified atom stereocenters. The molecule has 0 radical (unpaired) electrons. The van der Waals surface area contributed by atoms with Gasteiger partial charge in [-0.25, -0.2) is 0 Å². The minimum atomic E-state index is -0.706. The van der Waals surface area contributed by atoms with Gasteiger partial charge in [0.05, 0.1) is 0 Å². The van der Waals surface area contributed by atoms with Crippen molar-refractivity contribution in [3.05, 3.63) is 0 Å². The van der Waals surface area contributed by atoms with Gasteiger partial charge in [-0.15, -0.1) is 0 Å². The summed E-state index contributed by atoms with van der Waals surface area (Å²) in [7, 11) is 0. The van der Waals surface area contributed by atoms with Crippen molar-refractivity contribution in [3.63, 3.8) is 0 Å². The average Bonchev–Trinajstić information content (AvgIpc) is 1.30. The second kappa shape index (κ2) is 2.65. The Morgan fingerprint density at radius 1 is 1.43 bits per heavy atom. The molecule has 0 bridgehead atoms. The van der Waals surface area contributed by atoms with Crippen molar-refractivity contribution in [1.82, 2.24) is 0 Å². The molecule has 0 fully saturated rings. The molecule has 0 nitrogen and oxygen atoms in total. The number of hydrogen-bond acceptors (Lipinski definition) is 0. The SMILES string of the molecule is C#[C][Zn][Si](C)(C)C. The van der Waals surface area contributed by atoms with Crippen LogP contribution < -0.4 is 0 Å². The molecule has 0 aliphatic carbocycles. The van der Waals surface area contributed by atoms with Gasteiger partial charge in [-0.05, 0) is 0 Å². The second-order valence-electron chi connectivity index (χ2n) is 2.94. The molecule has 0 aromatic rings. The molecule has 7 heavy (non-hydrogen) atoms. The summed E-state index contributed by atoms with van der Waals surface area (Å²) >= 11 is -0.451. The third kappa shape index (κ3) is 6.40. The molecular weight excluding hydrogens is 154 g/mol. The molecule has 36 valence electrons. The van der Waals surface area contributed by atoms with Crippen molar-refractivity contribution in [2.45, 2.75) is 19.6 Å². The average molecular weight is 164 g/mol. The van der Waals surface area contributed by atoms with Crippen LogP contribution in [0.4, 0.5) is 0 Å². The van der Waals surface area contributed by atoms with Gasteiger partial charge in [0.2, 0.25) is 0 Å². The normalized spacial score (nSPS) is 9.43. The zero-order valence-electron chi connectivity index (χ0n) is 5.28. The van der Waals surface area contributed by atoms with Crippen LogP contribution in [0.15, 0.2) is 0 Å². The Balaban J connectivity index is 3.40. The second-order valence-corrected chi connectivity index (χ2v) is 24.9. The zero-order valence-corrected chi connectivity index (χ0v) is 9.25. The van der Waals surface area contributed by atoms with E-state index in [2.05, 4.69) is 24.2 Å². The minimum absolute atomic E-state index is 0.451. The first-order valence-corrected chi connectivity index (χ1v) is 12.1. The predicted molar refractivity (Wildman–Crippen MR) is 32.2 cm³/mol. The van der Waals surface area contributed by atoms with Gasteiger partial charge < -0.3 is 0 Å². The molecule has 0 rings (SSSR count). The first-order chi connectivity index (χ1) is 3.06. The Kier molecular flexibility index (Phi) is 2.80. The molecule has 2 heteroatoms. The van der Waals surface area contributed by atoms with Crippen molar-refractivity contribution >= 4 is 6.30 Å². The standard InChI is InChI=1S/C3H9Si.C2H.Zn/c1-4(2)3;1-2;/h1-3H3;1H;. The van der Waals surface area contributed by atoms with E-state index in [-0.39, 0.29) is 0 Å². The van der Waals surface area contributed by atoms with Crippen molar-refractivity contribution in [2.24, 2.45) is 0 Å². The Bertz CT molecular complexity index is 85.2. The predicted octanol–water partition coefficient (Wildman–Crippen LogP) is 1.49. The van der Waals surface area contributed by atoms with Gasteiger partial charge in [0.25, 0.3) is 0 Å². The van der Waals surface area contributed by atoms with E-state index in [1.54, 1.807) is 0 Å². The summed E-state index contributed by atoms with van der Waals surface area (Å²) < 4.78 is 2.86. The molecule has 0 aromatic heterocycles. The molecule has 0 heterocycles. The Morgan fingerprint density at radius 3 is 1.86 bits per heavy atom. The quantitative estimate of drug-likeness (QED) is 0.406. The number of hydrogen-bond donors (Lipinski definition) is 0. The van der Waals surface area contributed by atoms with Gasteiger partial charge in [-0.3, -0.25) is 0 Å². The first-order valence-electron chi connectivity index (χ1n) is 2.50. The summed E-state index contributed by atoms with van der Waals surface area (Å²) in [6, 6.07) is 0. The maximum absolute atomic E-state index is 5.18. The zero-order chi connectivity index (χ0) is 5.91. The molecule has 0 saturated carbocycles. The molecular formula is C5H10SiZn. The van der Waals surface area contributed by atoms with Crippen molar-refractivity contribution < 1.29 is 16.4 Å². The van der Waals surface area contributed by atoms with Gasteiger partial charge in [0, 0.05) is 0 Å². The summed E-state index contributed by atoms with van der Waals surface area (Å²) in [5, 5.41) is 0. The Hall–Kier alpha value is 0.400. The van der Waals surface area contributed by atoms with E-state index in [4.69, 9.17) is 6.42 Å². The van der Waals surface area contributed by atoms with E-state index < -0.39 is 22.7 Å². The molecule has 0 aliphatic rings. The van der Waals surface area contributed by atoms with E-state index >= 15 is 0 Å². The Morgan fingerprint density at radius 2 is 1.86 bits per heavy atom. The van der Waals surface area contributed by atoms with E-state index in [0.29, 0.717) is 0 Å². The van der Waals surface area contributed by atoms with Crippen molar-refractivity contribution in [1.29, 1.82) is 0 Å².